The Bertz CT molecular complexity index is 856. The summed E-state index contributed by atoms with van der Waals surface area (Å²) in [5.74, 6) is -0.0429. The van der Waals surface area contributed by atoms with E-state index >= 15 is 0 Å². The summed E-state index contributed by atoms with van der Waals surface area (Å²) >= 11 is 6.05. The molecule has 0 aliphatic carbocycles. The van der Waals surface area contributed by atoms with Crippen LogP contribution in [-0.4, -0.2) is 22.2 Å². The van der Waals surface area contributed by atoms with E-state index in [0.717, 1.165) is 11.8 Å². The molecule has 0 radical (unpaired) electrons. The standard InChI is InChI=1S/C18H14ClFN2O2/c1-24-18-15(11-3-2-4-13(19)7-11)8-12(9-22-18)17(23)16-6-5-14(20)10-21-16/h2-10,17,23H,1H3. The van der Waals surface area contributed by atoms with Crippen LogP contribution in [0.15, 0.2) is 54.9 Å². The molecule has 3 aromatic rings. The average molecular weight is 345 g/mol. The largest absolute Gasteiger partial charge is 0.481 e. The van der Waals surface area contributed by atoms with Crippen LogP contribution in [0.3, 0.4) is 0 Å². The molecule has 0 saturated heterocycles. The second kappa shape index (κ2) is 6.95. The van der Waals surface area contributed by atoms with E-state index in [1.54, 1.807) is 18.2 Å². The second-order valence-electron chi connectivity index (χ2n) is 5.14. The minimum absolute atomic E-state index is 0.334. The number of pyridine rings is 2. The maximum Gasteiger partial charge on any atom is 0.221 e. The number of aromatic nitrogens is 2. The van der Waals surface area contributed by atoms with Crippen molar-refractivity contribution in [3.8, 4) is 17.0 Å². The van der Waals surface area contributed by atoms with Crippen LogP contribution in [0.5, 0.6) is 5.88 Å². The Morgan fingerprint density at radius 1 is 1.12 bits per heavy atom. The van der Waals surface area contributed by atoms with Crippen LogP contribution in [0.4, 0.5) is 4.39 Å². The summed E-state index contributed by atoms with van der Waals surface area (Å²) in [5.41, 5.74) is 2.36. The van der Waals surface area contributed by atoms with E-state index in [2.05, 4.69) is 9.97 Å². The predicted molar refractivity (Wildman–Crippen MR) is 89.5 cm³/mol. The molecule has 1 unspecified atom stereocenters. The van der Waals surface area contributed by atoms with Gasteiger partial charge in [-0.1, -0.05) is 23.7 Å². The Morgan fingerprint density at radius 2 is 1.96 bits per heavy atom. The maximum atomic E-state index is 13.0. The van der Waals surface area contributed by atoms with Crippen LogP contribution in [0.25, 0.3) is 11.1 Å². The van der Waals surface area contributed by atoms with Gasteiger partial charge in [-0.15, -0.1) is 0 Å². The molecular formula is C18H14ClFN2O2. The lowest BCUT2D eigenvalue weighted by Crippen LogP contribution is -2.04. The Kier molecular flexibility index (Phi) is 4.74. The lowest BCUT2D eigenvalue weighted by Gasteiger charge is -2.14. The van der Waals surface area contributed by atoms with E-state index in [1.807, 2.05) is 12.1 Å². The number of aliphatic hydroxyl groups excluding tert-OH is 1. The minimum atomic E-state index is -1.03. The molecule has 0 bridgehead atoms. The zero-order valence-electron chi connectivity index (χ0n) is 12.8. The lowest BCUT2D eigenvalue weighted by molar-refractivity contribution is 0.214. The van der Waals surface area contributed by atoms with Gasteiger partial charge in [-0.25, -0.2) is 9.37 Å². The van der Waals surface area contributed by atoms with Crippen molar-refractivity contribution < 1.29 is 14.2 Å². The minimum Gasteiger partial charge on any atom is -0.481 e. The molecule has 1 aromatic carbocycles. The zero-order valence-corrected chi connectivity index (χ0v) is 13.5. The van der Waals surface area contributed by atoms with Crippen molar-refractivity contribution in [1.29, 1.82) is 0 Å². The number of methoxy groups -OCH3 is 1. The van der Waals surface area contributed by atoms with Crippen molar-refractivity contribution >= 4 is 11.6 Å². The highest BCUT2D eigenvalue weighted by Crippen LogP contribution is 2.33. The first kappa shape index (κ1) is 16.4. The average Bonchev–Trinajstić information content (AvgIpc) is 2.61. The second-order valence-corrected chi connectivity index (χ2v) is 5.58. The number of hydrogen-bond donors (Lipinski definition) is 1. The summed E-state index contributed by atoms with van der Waals surface area (Å²) in [6, 6.07) is 11.7. The van der Waals surface area contributed by atoms with Crippen molar-refractivity contribution in [3.05, 3.63) is 77.0 Å². The number of aliphatic hydroxyl groups is 1. The van der Waals surface area contributed by atoms with Crippen LogP contribution < -0.4 is 4.74 Å². The van der Waals surface area contributed by atoms with Gasteiger partial charge in [0.15, 0.2) is 0 Å². The summed E-state index contributed by atoms with van der Waals surface area (Å²) in [5, 5.41) is 11.1. The number of benzene rings is 1. The zero-order chi connectivity index (χ0) is 17.1. The Labute approximate surface area is 143 Å². The Balaban J connectivity index is 2.04. The van der Waals surface area contributed by atoms with Gasteiger partial charge in [-0.05, 0) is 35.9 Å². The Morgan fingerprint density at radius 3 is 2.62 bits per heavy atom. The summed E-state index contributed by atoms with van der Waals surface area (Å²) in [6.45, 7) is 0. The first-order chi connectivity index (χ1) is 11.6. The Hall–Kier alpha value is -2.50. The molecular weight excluding hydrogens is 331 g/mol. The molecule has 3 rings (SSSR count). The highest BCUT2D eigenvalue weighted by atomic mass is 35.5. The van der Waals surface area contributed by atoms with Gasteiger partial charge in [0.1, 0.15) is 11.9 Å². The molecule has 0 fully saturated rings. The molecule has 1 N–H and O–H groups in total. The first-order valence-electron chi connectivity index (χ1n) is 7.18. The number of ether oxygens (including phenoxy) is 1. The van der Waals surface area contributed by atoms with E-state index in [4.69, 9.17) is 16.3 Å². The fourth-order valence-electron chi connectivity index (χ4n) is 2.36. The molecule has 1 atom stereocenters. The van der Waals surface area contributed by atoms with Gasteiger partial charge in [-0.3, -0.25) is 4.98 Å². The predicted octanol–water partition coefficient (Wildman–Crippen LogP) is 4.03. The SMILES string of the molecule is COc1ncc(C(O)c2ccc(F)cn2)cc1-c1cccc(Cl)c1. The van der Waals surface area contributed by atoms with Crippen molar-refractivity contribution in [2.24, 2.45) is 0 Å². The van der Waals surface area contributed by atoms with Crippen molar-refractivity contribution in [1.82, 2.24) is 9.97 Å². The van der Waals surface area contributed by atoms with Crippen molar-refractivity contribution in [3.63, 3.8) is 0 Å². The van der Waals surface area contributed by atoms with E-state index in [1.165, 1.54) is 25.4 Å². The molecule has 2 aromatic heterocycles. The third-order valence-electron chi connectivity index (χ3n) is 3.55. The normalized spacial score (nSPS) is 12.0. The van der Waals surface area contributed by atoms with Crippen LogP contribution in [0, 0.1) is 5.82 Å². The van der Waals surface area contributed by atoms with Gasteiger partial charge in [0.2, 0.25) is 5.88 Å². The van der Waals surface area contributed by atoms with Crippen molar-refractivity contribution in [2.45, 2.75) is 6.10 Å². The number of rotatable bonds is 4. The van der Waals surface area contributed by atoms with E-state index < -0.39 is 11.9 Å². The third-order valence-corrected chi connectivity index (χ3v) is 3.78. The molecule has 0 amide bonds. The van der Waals surface area contributed by atoms with E-state index in [-0.39, 0.29) is 0 Å². The summed E-state index contributed by atoms with van der Waals surface area (Å²) in [4.78, 5) is 8.15. The summed E-state index contributed by atoms with van der Waals surface area (Å²) in [6.07, 6.45) is 1.54. The fourth-order valence-corrected chi connectivity index (χ4v) is 2.55. The monoisotopic (exact) mass is 344 g/mol. The van der Waals surface area contributed by atoms with Gasteiger partial charge >= 0.3 is 0 Å². The number of halogens is 2. The number of nitrogens with zero attached hydrogens (tertiary/aromatic N) is 2. The molecule has 0 spiro atoms. The smallest absolute Gasteiger partial charge is 0.221 e. The first-order valence-corrected chi connectivity index (χ1v) is 7.55. The molecule has 6 heteroatoms. The molecule has 2 heterocycles. The van der Waals surface area contributed by atoms with Crippen LogP contribution >= 0.6 is 11.6 Å². The molecule has 4 nitrogen and oxygen atoms in total. The quantitative estimate of drug-likeness (QED) is 0.776. The molecule has 24 heavy (non-hydrogen) atoms. The van der Waals surface area contributed by atoms with E-state index in [9.17, 15) is 9.50 Å². The van der Waals surface area contributed by atoms with Gasteiger partial charge in [0.25, 0.3) is 0 Å². The van der Waals surface area contributed by atoms with Gasteiger partial charge in [-0.2, -0.15) is 0 Å². The third kappa shape index (κ3) is 3.37. The molecule has 0 aliphatic rings. The lowest BCUT2D eigenvalue weighted by atomic mass is 10.0. The summed E-state index contributed by atoms with van der Waals surface area (Å²) < 4.78 is 18.3. The van der Waals surface area contributed by atoms with Crippen LogP contribution in [0.1, 0.15) is 17.4 Å². The topological polar surface area (TPSA) is 55.2 Å². The summed E-state index contributed by atoms with van der Waals surface area (Å²) in [7, 11) is 1.52. The van der Waals surface area contributed by atoms with Crippen molar-refractivity contribution in [2.75, 3.05) is 7.11 Å². The van der Waals surface area contributed by atoms with Gasteiger partial charge in [0.05, 0.1) is 19.0 Å². The van der Waals surface area contributed by atoms with Crippen LogP contribution in [-0.2, 0) is 0 Å². The number of hydrogen-bond acceptors (Lipinski definition) is 4. The molecule has 0 aliphatic heterocycles. The highest BCUT2D eigenvalue weighted by Gasteiger charge is 2.16. The van der Waals surface area contributed by atoms with E-state index in [0.29, 0.717) is 27.7 Å². The molecule has 122 valence electrons. The maximum absolute atomic E-state index is 13.0. The van der Waals surface area contributed by atoms with Gasteiger partial charge < -0.3 is 9.84 Å². The fraction of sp³-hybridized carbons (Fsp3) is 0.111. The molecule has 0 saturated carbocycles. The highest BCUT2D eigenvalue weighted by molar-refractivity contribution is 6.30. The van der Waals surface area contributed by atoms with Crippen LogP contribution in [0.2, 0.25) is 5.02 Å². The van der Waals surface area contributed by atoms with Gasteiger partial charge in [0, 0.05) is 22.3 Å².